The summed E-state index contributed by atoms with van der Waals surface area (Å²) < 4.78 is 1.65. The average Bonchev–Trinajstić information content (AvgIpc) is 3.11. The fourth-order valence-corrected chi connectivity index (χ4v) is 2.65. The number of carbonyl (C=O) groups excluding carboxylic acids is 1. The van der Waals surface area contributed by atoms with Crippen molar-refractivity contribution in [2.75, 3.05) is 6.61 Å². The zero-order chi connectivity index (χ0) is 15.3. The zero-order valence-electron chi connectivity index (χ0n) is 12.2. The van der Waals surface area contributed by atoms with E-state index in [1.54, 1.807) is 22.2 Å². The summed E-state index contributed by atoms with van der Waals surface area (Å²) in [6, 6.07) is 3.99. The summed E-state index contributed by atoms with van der Waals surface area (Å²) in [5.41, 5.74) is -0.132. The number of aliphatic hydroxyl groups excluding tert-OH is 1. The van der Waals surface area contributed by atoms with E-state index in [-0.39, 0.29) is 12.5 Å². The van der Waals surface area contributed by atoms with Crippen molar-refractivity contribution in [3.63, 3.8) is 0 Å². The fraction of sp³-hybridized carbons (Fsp3) is 0.500. The molecule has 0 radical (unpaired) electrons. The summed E-state index contributed by atoms with van der Waals surface area (Å²) in [6.45, 7) is 4.54. The molecule has 0 bridgehead atoms. The third kappa shape index (κ3) is 4.12. The lowest BCUT2D eigenvalue weighted by Crippen LogP contribution is -2.46. The first kappa shape index (κ1) is 15.7. The van der Waals surface area contributed by atoms with E-state index in [0.717, 1.165) is 11.3 Å². The lowest BCUT2D eigenvalue weighted by Gasteiger charge is -2.28. The van der Waals surface area contributed by atoms with Crippen LogP contribution in [0.25, 0.3) is 0 Å². The molecule has 0 saturated heterocycles. The Hall–Kier alpha value is -1.73. The zero-order valence-corrected chi connectivity index (χ0v) is 13.1. The maximum atomic E-state index is 12.2. The molecule has 6 nitrogen and oxygen atoms in total. The second-order valence-corrected chi connectivity index (χ2v) is 6.25. The van der Waals surface area contributed by atoms with Crippen LogP contribution in [0.4, 0.5) is 0 Å². The highest BCUT2D eigenvalue weighted by atomic mass is 32.1. The van der Waals surface area contributed by atoms with Crippen LogP contribution in [0.15, 0.2) is 23.7 Å². The molecular weight excluding hydrogens is 288 g/mol. The van der Waals surface area contributed by atoms with Crippen LogP contribution in [0.2, 0.25) is 0 Å². The highest BCUT2D eigenvalue weighted by molar-refractivity contribution is 7.09. The molecule has 0 aliphatic rings. The SMILES string of the molecule is CCC(C)(CCO)NC(=O)c1cn(Cc2cccs2)nn1. The van der Waals surface area contributed by atoms with Crippen molar-refractivity contribution in [3.05, 3.63) is 34.3 Å². The van der Waals surface area contributed by atoms with Gasteiger partial charge in [-0.1, -0.05) is 18.2 Å². The van der Waals surface area contributed by atoms with Gasteiger partial charge < -0.3 is 10.4 Å². The lowest BCUT2D eigenvalue weighted by molar-refractivity contribution is 0.0881. The molecule has 2 rings (SSSR count). The van der Waals surface area contributed by atoms with E-state index in [9.17, 15) is 4.79 Å². The Bertz CT molecular complexity index is 582. The minimum absolute atomic E-state index is 0.0374. The maximum absolute atomic E-state index is 12.2. The van der Waals surface area contributed by atoms with Gasteiger partial charge >= 0.3 is 0 Å². The number of amides is 1. The van der Waals surface area contributed by atoms with Gasteiger partial charge in [-0.25, -0.2) is 4.68 Å². The number of carbonyl (C=O) groups is 1. The highest BCUT2D eigenvalue weighted by Gasteiger charge is 2.25. The molecule has 114 valence electrons. The minimum atomic E-state index is -0.427. The van der Waals surface area contributed by atoms with Gasteiger partial charge in [0.15, 0.2) is 5.69 Å². The summed E-state index contributed by atoms with van der Waals surface area (Å²) in [4.78, 5) is 13.4. The molecule has 2 heterocycles. The molecule has 2 aromatic heterocycles. The van der Waals surface area contributed by atoms with Crippen LogP contribution in [0.1, 0.15) is 42.1 Å². The van der Waals surface area contributed by atoms with Crippen LogP contribution >= 0.6 is 11.3 Å². The quantitative estimate of drug-likeness (QED) is 0.815. The molecule has 2 N–H and O–H groups in total. The van der Waals surface area contributed by atoms with Crippen molar-refractivity contribution in [2.45, 2.75) is 38.8 Å². The van der Waals surface area contributed by atoms with E-state index in [2.05, 4.69) is 15.6 Å². The van der Waals surface area contributed by atoms with E-state index in [1.807, 2.05) is 31.4 Å². The number of aromatic nitrogens is 3. The van der Waals surface area contributed by atoms with Crippen molar-refractivity contribution >= 4 is 17.2 Å². The van der Waals surface area contributed by atoms with Crippen LogP contribution < -0.4 is 5.32 Å². The predicted octanol–water partition coefficient (Wildman–Crippen LogP) is 1.67. The van der Waals surface area contributed by atoms with Gasteiger partial charge in [-0.15, -0.1) is 16.4 Å². The second kappa shape index (κ2) is 6.82. The molecule has 0 saturated carbocycles. The number of hydrogen-bond acceptors (Lipinski definition) is 5. The molecular formula is C14H20N4O2S. The van der Waals surface area contributed by atoms with E-state index >= 15 is 0 Å². The number of nitrogens with one attached hydrogen (secondary N) is 1. The number of rotatable bonds is 7. The Labute approximate surface area is 127 Å². The molecule has 21 heavy (non-hydrogen) atoms. The first-order chi connectivity index (χ1) is 10.1. The monoisotopic (exact) mass is 308 g/mol. The van der Waals surface area contributed by atoms with Crippen LogP contribution in [-0.2, 0) is 6.54 Å². The van der Waals surface area contributed by atoms with Crippen molar-refractivity contribution in [2.24, 2.45) is 0 Å². The van der Waals surface area contributed by atoms with Gasteiger partial charge in [0.1, 0.15) is 0 Å². The number of thiophene rings is 1. The summed E-state index contributed by atoms with van der Waals surface area (Å²) in [5.74, 6) is -0.259. The minimum Gasteiger partial charge on any atom is -0.396 e. The molecule has 1 unspecified atom stereocenters. The van der Waals surface area contributed by atoms with Gasteiger partial charge in [-0.05, 0) is 31.2 Å². The van der Waals surface area contributed by atoms with Crippen molar-refractivity contribution in [1.82, 2.24) is 20.3 Å². The Kier molecular flexibility index (Phi) is 5.08. The Balaban J connectivity index is 2.01. The van der Waals surface area contributed by atoms with Gasteiger partial charge in [-0.3, -0.25) is 4.79 Å². The first-order valence-electron chi connectivity index (χ1n) is 6.92. The third-order valence-corrected chi connectivity index (χ3v) is 4.39. The average molecular weight is 308 g/mol. The lowest BCUT2D eigenvalue weighted by atomic mass is 9.95. The van der Waals surface area contributed by atoms with Crippen molar-refractivity contribution < 1.29 is 9.90 Å². The number of nitrogens with zero attached hydrogens (tertiary/aromatic N) is 3. The Morgan fingerprint density at radius 3 is 3.00 bits per heavy atom. The van der Waals surface area contributed by atoms with Gasteiger partial charge in [0.25, 0.3) is 5.91 Å². The summed E-state index contributed by atoms with van der Waals surface area (Å²) >= 11 is 1.64. The summed E-state index contributed by atoms with van der Waals surface area (Å²) in [6.07, 6.45) is 2.89. The number of hydrogen-bond donors (Lipinski definition) is 2. The normalized spacial score (nSPS) is 13.9. The van der Waals surface area contributed by atoms with E-state index < -0.39 is 5.54 Å². The van der Waals surface area contributed by atoms with Gasteiger partial charge in [0.2, 0.25) is 0 Å². The molecule has 1 amide bonds. The van der Waals surface area contributed by atoms with E-state index in [4.69, 9.17) is 5.11 Å². The molecule has 1 atom stereocenters. The molecule has 0 aliphatic heterocycles. The largest absolute Gasteiger partial charge is 0.396 e. The van der Waals surface area contributed by atoms with E-state index in [0.29, 0.717) is 18.7 Å². The molecule has 0 aliphatic carbocycles. The topological polar surface area (TPSA) is 80.0 Å². The van der Waals surface area contributed by atoms with Gasteiger partial charge in [-0.2, -0.15) is 0 Å². The third-order valence-electron chi connectivity index (χ3n) is 3.53. The smallest absolute Gasteiger partial charge is 0.273 e. The summed E-state index contributed by atoms with van der Waals surface area (Å²) in [5, 5.41) is 21.9. The number of aliphatic hydroxyl groups is 1. The van der Waals surface area contributed by atoms with Gasteiger partial charge in [0.05, 0.1) is 12.7 Å². The van der Waals surface area contributed by atoms with E-state index in [1.165, 1.54) is 0 Å². The molecule has 0 aromatic carbocycles. The first-order valence-corrected chi connectivity index (χ1v) is 7.80. The van der Waals surface area contributed by atoms with Crippen LogP contribution in [0, 0.1) is 0 Å². The second-order valence-electron chi connectivity index (χ2n) is 5.22. The molecule has 7 heteroatoms. The fourth-order valence-electron chi connectivity index (χ4n) is 1.95. The van der Waals surface area contributed by atoms with Crippen LogP contribution in [0.5, 0.6) is 0 Å². The van der Waals surface area contributed by atoms with Crippen molar-refractivity contribution in [1.29, 1.82) is 0 Å². The van der Waals surface area contributed by atoms with Crippen molar-refractivity contribution in [3.8, 4) is 0 Å². The van der Waals surface area contributed by atoms with Crippen LogP contribution in [-0.4, -0.2) is 38.2 Å². The maximum Gasteiger partial charge on any atom is 0.273 e. The molecule has 0 fully saturated rings. The summed E-state index contributed by atoms with van der Waals surface area (Å²) in [7, 11) is 0. The molecule has 0 spiro atoms. The highest BCUT2D eigenvalue weighted by Crippen LogP contribution is 2.15. The van der Waals surface area contributed by atoms with Crippen LogP contribution in [0.3, 0.4) is 0 Å². The predicted molar refractivity (Wildman–Crippen MR) is 81.3 cm³/mol. The Morgan fingerprint density at radius 2 is 2.38 bits per heavy atom. The Morgan fingerprint density at radius 1 is 1.57 bits per heavy atom. The van der Waals surface area contributed by atoms with Gasteiger partial charge in [0, 0.05) is 17.0 Å². The molecule has 2 aromatic rings. The standard InChI is InChI=1S/C14H20N4O2S/c1-3-14(2,6-7-19)15-13(20)12-10-18(17-16-12)9-11-5-4-8-21-11/h4-5,8,10,19H,3,6-7,9H2,1-2H3,(H,15,20).